The number of hydrogen-bond acceptors (Lipinski definition) is 5. The minimum Gasteiger partial charge on any atom is -0.289 e. The maximum atomic E-state index is 13.3. The molecule has 1 saturated heterocycles. The summed E-state index contributed by atoms with van der Waals surface area (Å²) < 4.78 is 28.0. The van der Waals surface area contributed by atoms with Gasteiger partial charge in [0.25, 0.3) is 5.91 Å². The van der Waals surface area contributed by atoms with Crippen molar-refractivity contribution >= 4 is 27.5 Å². The fraction of sp³-hybridized carbons (Fsp3) is 0.286. The third kappa shape index (κ3) is 4.91. The second-order valence-electron chi connectivity index (χ2n) is 6.92. The third-order valence-electron chi connectivity index (χ3n) is 5.17. The van der Waals surface area contributed by atoms with Gasteiger partial charge in [0.1, 0.15) is 11.3 Å². The highest BCUT2D eigenvalue weighted by atomic mass is 35.5. The molecule has 2 unspecified atom stereocenters. The van der Waals surface area contributed by atoms with Crippen molar-refractivity contribution in [2.75, 3.05) is 26.2 Å². The number of hydrogen-bond donors (Lipinski definition) is 2. The predicted molar refractivity (Wildman–Crippen MR) is 115 cm³/mol. The number of nitrogens with one attached hydrogen (secondary N) is 1. The zero-order chi connectivity index (χ0) is 21.6. The summed E-state index contributed by atoms with van der Waals surface area (Å²) in [5.41, 5.74) is 4.31. The monoisotopic (exact) mass is 449 g/mol. The number of benzene rings is 2. The third-order valence-corrected chi connectivity index (χ3v) is 7.47. The first-order valence-corrected chi connectivity index (χ1v) is 11.5. The Kier molecular flexibility index (Phi) is 7.63. The van der Waals surface area contributed by atoms with Gasteiger partial charge in [0, 0.05) is 31.7 Å². The van der Waals surface area contributed by atoms with Crippen LogP contribution in [-0.4, -0.2) is 54.9 Å². The molecule has 2 N–H and O–H groups in total. The molecule has 1 heterocycles. The summed E-state index contributed by atoms with van der Waals surface area (Å²) in [5.74, 6) is -0.551. The lowest BCUT2D eigenvalue weighted by molar-refractivity contribution is -0.135. The van der Waals surface area contributed by atoms with E-state index in [9.17, 15) is 18.4 Å². The van der Waals surface area contributed by atoms with Gasteiger partial charge in [0.15, 0.2) is 0 Å². The molecule has 3 rings (SSSR count). The number of sulfonamides is 1. The first-order chi connectivity index (χ1) is 14.5. The molecule has 0 bridgehead atoms. The molecule has 0 aromatic heterocycles. The quantitative estimate of drug-likeness (QED) is 0.501. The van der Waals surface area contributed by atoms with Crippen LogP contribution in [0.4, 0.5) is 0 Å². The fourth-order valence-electron chi connectivity index (χ4n) is 3.69. The summed E-state index contributed by atoms with van der Waals surface area (Å²) in [6.45, 7) is 1.14. The molecule has 0 saturated carbocycles. The Balaban J connectivity index is 1.78. The first-order valence-electron chi connectivity index (χ1n) is 9.52. The van der Waals surface area contributed by atoms with E-state index in [0.29, 0.717) is 18.7 Å². The van der Waals surface area contributed by atoms with Gasteiger partial charge in [-0.05, 0) is 17.2 Å². The van der Waals surface area contributed by atoms with Crippen LogP contribution >= 0.6 is 11.6 Å². The molecular formula is C21H24ClN3O4S. The van der Waals surface area contributed by atoms with Gasteiger partial charge in [0.05, 0.1) is 0 Å². The summed E-state index contributed by atoms with van der Waals surface area (Å²) in [6, 6.07) is 17.3. The molecule has 1 aliphatic heterocycles. The summed E-state index contributed by atoms with van der Waals surface area (Å²) >= 11 is 5.73. The van der Waals surface area contributed by atoms with Crippen LogP contribution in [-0.2, 0) is 14.8 Å². The van der Waals surface area contributed by atoms with Gasteiger partial charge in [-0.25, -0.2) is 13.9 Å². The molecule has 0 spiro atoms. The molecule has 1 amide bonds. The topological polar surface area (TPSA) is 89.9 Å². The standard InChI is InChI=1S/C21H24ClN3O4S/c22-12-11-19(17-7-3-1-4-8-17)30(28,29)25-15-13-24(14-16-25)20(21(26)23-27)18-9-5-2-6-10-18/h1-12,19-20,27H,13-16H2,(H,23,26). The van der Waals surface area contributed by atoms with Gasteiger partial charge >= 0.3 is 0 Å². The van der Waals surface area contributed by atoms with E-state index in [0.717, 1.165) is 5.56 Å². The average Bonchev–Trinajstić information content (AvgIpc) is 2.79. The molecular weight excluding hydrogens is 426 g/mol. The van der Waals surface area contributed by atoms with Crippen LogP contribution in [0.15, 0.2) is 72.3 Å². The van der Waals surface area contributed by atoms with Crippen LogP contribution in [0, 0.1) is 0 Å². The highest BCUT2D eigenvalue weighted by Crippen LogP contribution is 2.30. The van der Waals surface area contributed by atoms with Crippen molar-refractivity contribution in [3.8, 4) is 0 Å². The molecule has 0 aliphatic carbocycles. The molecule has 0 radical (unpaired) electrons. The van der Waals surface area contributed by atoms with Crippen LogP contribution in [0.3, 0.4) is 0 Å². The zero-order valence-electron chi connectivity index (χ0n) is 16.3. The van der Waals surface area contributed by atoms with Gasteiger partial charge < -0.3 is 0 Å². The molecule has 1 fully saturated rings. The Hall–Kier alpha value is -2.23. The summed E-state index contributed by atoms with van der Waals surface area (Å²) in [7, 11) is -3.69. The van der Waals surface area contributed by atoms with Crippen LogP contribution in [0.1, 0.15) is 22.4 Å². The first kappa shape index (κ1) is 22.5. The van der Waals surface area contributed by atoms with Crippen molar-refractivity contribution in [3.05, 3.63) is 83.4 Å². The number of hydroxylamine groups is 1. The second-order valence-corrected chi connectivity index (χ2v) is 9.23. The maximum absolute atomic E-state index is 13.3. The van der Waals surface area contributed by atoms with Crippen molar-refractivity contribution in [2.24, 2.45) is 0 Å². The van der Waals surface area contributed by atoms with Gasteiger partial charge in [-0.2, -0.15) is 4.31 Å². The van der Waals surface area contributed by atoms with Crippen molar-refractivity contribution in [1.82, 2.24) is 14.7 Å². The molecule has 160 valence electrons. The van der Waals surface area contributed by atoms with Crippen molar-refractivity contribution in [3.63, 3.8) is 0 Å². The van der Waals surface area contributed by atoms with E-state index in [-0.39, 0.29) is 13.1 Å². The lowest BCUT2D eigenvalue weighted by Gasteiger charge is -2.38. The van der Waals surface area contributed by atoms with Crippen molar-refractivity contribution < 1.29 is 18.4 Å². The molecule has 7 nitrogen and oxygen atoms in total. The number of piperazine rings is 1. The number of carbonyl (C=O) groups is 1. The number of amides is 1. The van der Waals surface area contributed by atoms with E-state index in [1.54, 1.807) is 41.9 Å². The van der Waals surface area contributed by atoms with Crippen molar-refractivity contribution in [2.45, 2.75) is 11.3 Å². The predicted octanol–water partition coefficient (Wildman–Crippen LogP) is 2.67. The largest absolute Gasteiger partial charge is 0.289 e. The van der Waals surface area contributed by atoms with Gasteiger partial charge in [-0.3, -0.25) is 14.9 Å². The second kappa shape index (κ2) is 10.2. The van der Waals surface area contributed by atoms with Crippen LogP contribution in [0.5, 0.6) is 0 Å². The zero-order valence-corrected chi connectivity index (χ0v) is 17.8. The minimum atomic E-state index is -3.69. The molecule has 1 aliphatic rings. The van der Waals surface area contributed by atoms with Crippen LogP contribution in [0.2, 0.25) is 0 Å². The summed E-state index contributed by atoms with van der Waals surface area (Å²) in [6.07, 6.45) is 1.46. The van der Waals surface area contributed by atoms with Gasteiger partial charge in [-0.15, -0.1) is 0 Å². The van der Waals surface area contributed by atoms with Crippen molar-refractivity contribution in [1.29, 1.82) is 0 Å². The SMILES string of the molecule is O=C(NO)C(c1ccccc1)N1CCN(S(=O)(=O)C(C=CCl)c2ccccc2)CC1. The Labute approximate surface area is 181 Å². The number of nitrogens with zero attached hydrogens (tertiary/aromatic N) is 2. The highest BCUT2D eigenvalue weighted by molar-refractivity contribution is 7.89. The maximum Gasteiger partial charge on any atom is 0.265 e. The Morgan fingerprint density at radius 2 is 1.50 bits per heavy atom. The lowest BCUT2D eigenvalue weighted by atomic mass is 10.0. The molecule has 9 heteroatoms. The van der Waals surface area contributed by atoms with Crippen LogP contribution in [0.25, 0.3) is 0 Å². The summed E-state index contributed by atoms with van der Waals surface area (Å²) in [4.78, 5) is 14.2. The molecule has 2 aromatic rings. The Morgan fingerprint density at radius 3 is 2.00 bits per heavy atom. The fourth-order valence-corrected chi connectivity index (χ4v) is 5.70. The number of carbonyl (C=O) groups excluding carboxylic acids is 1. The average molecular weight is 450 g/mol. The lowest BCUT2D eigenvalue weighted by Crippen LogP contribution is -2.52. The van der Waals surface area contributed by atoms with E-state index < -0.39 is 27.2 Å². The van der Waals surface area contributed by atoms with E-state index in [1.165, 1.54) is 15.9 Å². The normalized spacial score (nSPS) is 18.2. The number of rotatable bonds is 7. The highest BCUT2D eigenvalue weighted by Gasteiger charge is 2.37. The Bertz CT molecular complexity index is 962. The smallest absolute Gasteiger partial charge is 0.265 e. The van der Waals surface area contributed by atoms with Gasteiger partial charge in [-0.1, -0.05) is 72.3 Å². The molecule has 30 heavy (non-hydrogen) atoms. The van der Waals surface area contributed by atoms with E-state index in [1.807, 2.05) is 29.2 Å². The number of halogens is 1. The van der Waals surface area contributed by atoms with E-state index in [2.05, 4.69) is 0 Å². The molecule has 2 atom stereocenters. The minimum absolute atomic E-state index is 0.226. The van der Waals surface area contributed by atoms with E-state index >= 15 is 0 Å². The Morgan fingerprint density at radius 1 is 0.967 bits per heavy atom. The van der Waals surface area contributed by atoms with E-state index in [4.69, 9.17) is 11.6 Å². The van der Waals surface area contributed by atoms with Crippen LogP contribution < -0.4 is 5.48 Å². The summed E-state index contributed by atoms with van der Waals surface area (Å²) in [5, 5.41) is 8.30. The molecule has 2 aromatic carbocycles. The van der Waals surface area contributed by atoms with Gasteiger partial charge in [0.2, 0.25) is 10.0 Å².